The number of hydrogen-bond donors (Lipinski definition) is 2. The summed E-state index contributed by atoms with van der Waals surface area (Å²) in [5.74, 6) is 0. The Kier molecular flexibility index (Phi) is 3.55. The number of benzene rings is 1. The number of nitrogens with one attached hydrogen (secondary N) is 1. The zero-order valence-corrected chi connectivity index (χ0v) is 12.8. The highest BCUT2D eigenvalue weighted by atomic mass is 79.9. The van der Waals surface area contributed by atoms with Gasteiger partial charge in [0.05, 0.1) is 17.1 Å². The van der Waals surface area contributed by atoms with Gasteiger partial charge in [0.2, 0.25) is 0 Å². The Morgan fingerprint density at radius 3 is 2.63 bits per heavy atom. The molecule has 1 aromatic heterocycles. The number of hydrogen-bond acceptors (Lipinski definition) is 4. The van der Waals surface area contributed by atoms with E-state index in [0.717, 1.165) is 4.47 Å². The number of halogens is 1. The van der Waals surface area contributed by atoms with Crippen LogP contribution >= 0.6 is 15.9 Å². The fourth-order valence-electron chi connectivity index (χ4n) is 1.66. The van der Waals surface area contributed by atoms with E-state index in [1.165, 1.54) is 10.7 Å². The second-order valence-electron chi connectivity index (χ2n) is 4.09. The summed E-state index contributed by atoms with van der Waals surface area (Å²) in [7, 11) is -2.00. The van der Waals surface area contributed by atoms with E-state index >= 15 is 0 Å². The van der Waals surface area contributed by atoms with Crippen LogP contribution in [0, 0.1) is 6.92 Å². The Bertz CT molecular complexity index is 724. The van der Waals surface area contributed by atoms with Gasteiger partial charge >= 0.3 is 0 Å². The summed E-state index contributed by atoms with van der Waals surface area (Å²) in [5.41, 5.74) is 6.95. The number of nitrogens with two attached hydrogens (primary N) is 1. The predicted molar refractivity (Wildman–Crippen MR) is 77.3 cm³/mol. The molecule has 102 valence electrons. The molecule has 0 aliphatic carbocycles. The summed E-state index contributed by atoms with van der Waals surface area (Å²) >= 11 is 3.24. The Labute approximate surface area is 119 Å². The summed E-state index contributed by atoms with van der Waals surface area (Å²) in [6.45, 7) is 1.72. The van der Waals surface area contributed by atoms with Gasteiger partial charge in [0, 0.05) is 17.7 Å². The van der Waals surface area contributed by atoms with Crippen molar-refractivity contribution in [2.45, 2.75) is 11.8 Å². The van der Waals surface area contributed by atoms with E-state index in [-0.39, 0.29) is 10.6 Å². The molecule has 0 saturated carbocycles. The zero-order chi connectivity index (χ0) is 14.2. The van der Waals surface area contributed by atoms with E-state index < -0.39 is 10.0 Å². The molecule has 6 nitrogen and oxygen atoms in total. The first kappa shape index (κ1) is 13.9. The zero-order valence-electron chi connectivity index (χ0n) is 10.4. The molecule has 0 radical (unpaired) electrons. The lowest BCUT2D eigenvalue weighted by Gasteiger charge is -2.09. The standard InChI is InChI=1S/C11H13BrN4O2S/c1-7-10(6-16(2)14-7)15-19(17,18)11-4-3-8(12)5-9(11)13/h3-6,15H,13H2,1-2H3. The number of sulfonamides is 1. The fourth-order valence-corrected chi connectivity index (χ4v) is 3.26. The maximum atomic E-state index is 12.3. The molecule has 0 fully saturated rings. The number of anilines is 2. The van der Waals surface area contributed by atoms with Crippen LogP contribution in [0.3, 0.4) is 0 Å². The van der Waals surface area contributed by atoms with Crippen LogP contribution in [0.15, 0.2) is 33.8 Å². The highest BCUT2D eigenvalue weighted by Crippen LogP contribution is 2.25. The summed E-state index contributed by atoms with van der Waals surface area (Å²) in [6.07, 6.45) is 1.60. The van der Waals surface area contributed by atoms with Gasteiger partial charge in [-0.1, -0.05) is 15.9 Å². The molecular formula is C11H13BrN4O2S. The molecule has 1 heterocycles. The van der Waals surface area contributed by atoms with Crippen molar-refractivity contribution in [3.63, 3.8) is 0 Å². The van der Waals surface area contributed by atoms with E-state index in [1.807, 2.05) is 0 Å². The van der Waals surface area contributed by atoms with Crippen molar-refractivity contribution in [1.82, 2.24) is 9.78 Å². The molecule has 0 saturated heterocycles. The average molecular weight is 345 g/mol. The van der Waals surface area contributed by atoms with Gasteiger partial charge in [0.15, 0.2) is 0 Å². The smallest absolute Gasteiger partial charge is 0.264 e. The van der Waals surface area contributed by atoms with Crippen molar-refractivity contribution in [1.29, 1.82) is 0 Å². The lowest BCUT2D eigenvalue weighted by atomic mass is 10.3. The van der Waals surface area contributed by atoms with Crippen molar-refractivity contribution in [2.75, 3.05) is 10.5 Å². The fraction of sp³-hybridized carbons (Fsp3) is 0.182. The maximum absolute atomic E-state index is 12.3. The summed E-state index contributed by atoms with van der Waals surface area (Å²) < 4.78 is 29.2. The molecule has 19 heavy (non-hydrogen) atoms. The van der Waals surface area contributed by atoms with E-state index in [9.17, 15) is 8.42 Å². The largest absolute Gasteiger partial charge is 0.398 e. The lowest BCUT2D eigenvalue weighted by molar-refractivity contribution is 0.601. The SMILES string of the molecule is Cc1nn(C)cc1NS(=O)(=O)c1ccc(Br)cc1N. The second kappa shape index (κ2) is 4.86. The molecule has 0 amide bonds. The second-order valence-corrected chi connectivity index (χ2v) is 6.66. The van der Waals surface area contributed by atoms with Crippen LogP contribution in [-0.4, -0.2) is 18.2 Å². The van der Waals surface area contributed by atoms with Crippen LogP contribution < -0.4 is 10.5 Å². The van der Waals surface area contributed by atoms with Crippen molar-refractivity contribution in [2.24, 2.45) is 7.05 Å². The molecule has 0 atom stereocenters. The topological polar surface area (TPSA) is 90.0 Å². The Morgan fingerprint density at radius 2 is 2.11 bits per heavy atom. The number of nitrogens with zero attached hydrogens (tertiary/aromatic N) is 2. The van der Waals surface area contributed by atoms with Gasteiger partial charge in [0.25, 0.3) is 10.0 Å². The molecule has 3 N–H and O–H groups in total. The Balaban J connectivity index is 2.40. The van der Waals surface area contributed by atoms with Crippen molar-refractivity contribution in [3.05, 3.63) is 34.6 Å². The molecule has 8 heteroatoms. The van der Waals surface area contributed by atoms with Crippen molar-refractivity contribution < 1.29 is 8.42 Å². The van der Waals surface area contributed by atoms with Gasteiger partial charge in [-0.15, -0.1) is 0 Å². The average Bonchev–Trinajstić information content (AvgIpc) is 2.55. The monoisotopic (exact) mass is 344 g/mol. The molecular weight excluding hydrogens is 332 g/mol. The highest BCUT2D eigenvalue weighted by molar-refractivity contribution is 9.10. The van der Waals surface area contributed by atoms with E-state index in [4.69, 9.17) is 5.73 Å². The third kappa shape index (κ3) is 2.90. The van der Waals surface area contributed by atoms with E-state index in [2.05, 4.69) is 25.8 Å². The number of nitrogen functional groups attached to an aromatic ring is 1. The van der Waals surface area contributed by atoms with Crippen LogP contribution in [0.2, 0.25) is 0 Å². The molecule has 1 aromatic carbocycles. The van der Waals surface area contributed by atoms with Gasteiger partial charge in [-0.05, 0) is 25.1 Å². The predicted octanol–water partition coefficient (Wildman–Crippen LogP) is 1.87. The quantitative estimate of drug-likeness (QED) is 0.831. The van der Waals surface area contributed by atoms with Crippen LogP contribution in [0.5, 0.6) is 0 Å². The Morgan fingerprint density at radius 1 is 1.42 bits per heavy atom. The molecule has 0 bridgehead atoms. The van der Waals surface area contributed by atoms with Gasteiger partial charge in [-0.3, -0.25) is 9.40 Å². The summed E-state index contributed by atoms with van der Waals surface area (Å²) in [6, 6.07) is 4.62. The highest BCUT2D eigenvalue weighted by Gasteiger charge is 2.19. The van der Waals surface area contributed by atoms with Gasteiger partial charge in [-0.25, -0.2) is 8.42 Å². The first-order chi connectivity index (χ1) is 8.79. The first-order valence-electron chi connectivity index (χ1n) is 5.37. The van der Waals surface area contributed by atoms with Crippen molar-refractivity contribution in [3.8, 4) is 0 Å². The summed E-state index contributed by atoms with van der Waals surface area (Å²) in [5, 5.41) is 4.08. The molecule has 2 aromatic rings. The minimum atomic E-state index is -3.72. The van der Waals surface area contributed by atoms with Gasteiger partial charge in [0.1, 0.15) is 4.90 Å². The minimum absolute atomic E-state index is 0.0407. The molecule has 0 aliphatic rings. The lowest BCUT2D eigenvalue weighted by Crippen LogP contribution is -2.15. The van der Waals surface area contributed by atoms with Crippen LogP contribution in [0.1, 0.15) is 5.69 Å². The minimum Gasteiger partial charge on any atom is -0.398 e. The number of rotatable bonds is 3. The van der Waals surface area contributed by atoms with Gasteiger partial charge in [-0.2, -0.15) is 5.10 Å². The number of aryl methyl sites for hydroxylation is 2. The number of aromatic nitrogens is 2. The third-order valence-electron chi connectivity index (χ3n) is 2.52. The van der Waals surface area contributed by atoms with E-state index in [0.29, 0.717) is 11.4 Å². The normalized spacial score (nSPS) is 11.5. The molecule has 0 spiro atoms. The molecule has 0 aliphatic heterocycles. The van der Waals surface area contributed by atoms with Crippen LogP contribution in [0.25, 0.3) is 0 Å². The molecule has 2 rings (SSSR count). The van der Waals surface area contributed by atoms with Crippen LogP contribution in [-0.2, 0) is 17.1 Å². The van der Waals surface area contributed by atoms with Crippen molar-refractivity contribution >= 4 is 37.3 Å². The maximum Gasteiger partial charge on any atom is 0.264 e. The first-order valence-corrected chi connectivity index (χ1v) is 7.65. The van der Waals surface area contributed by atoms with Gasteiger partial charge < -0.3 is 5.73 Å². The Hall–Kier alpha value is -1.54. The van der Waals surface area contributed by atoms with E-state index in [1.54, 1.807) is 32.3 Å². The summed E-state index contributed by atoms with van der Waals surface area (Å²) in [4.78, 5) is 0.0407. The molecule has 0 unspecified atom stereocenters. The van der Waals surface area contributed by atoms with Crippen LogP contribution in [0.4, 0.5) is 11.4 Å². The third-order valence-corrected chi connectivity index (χ3v) is 4.45.